The van der Waals surface area contributed by atoms with Crippen LogP contribution in [0.1, 0.15) is 5.56 Å². The Labute approximate surface area is 93.0 Å². The van der Waals surface area contributed by atoms with Gasteiger partial charge in [0.15, 0.2) is 5.75 Å². The molecule has 2 N–H and O–H groups in total. The van der Waals surface area contributed by atoms with Gasteiger partial charge in [-0.3, -0.25) is 4.79 Å². The summed E-state index contributed by atoms with van der Waals surface area (Å²) < 4.78 is 5.41. The Morgan fingerprint density at radius 2 is 2.38 bits per heavy atom. The summed E-state index contributed by atoms with van der Waals surface area (Å²) in [5.41, 5.74) is 6.63. The quantitative estimate of drug-likeness (QED) is 0.675. The van der Waals surface area contributed by atoms with E-state index in [1.54, 1.807) is 25.2 Å². The first-order chi connectivity index (χ1) is 7.65. The summed E-state index contributed by atoms with van der Waals surface area (Å²) in [7, 11) is 1.62. The van der Waals surface area contributed by atoms with Crippen molar-refractivity contribution in [3.63, 3.8) is 0 Å². The lowest BCUT2D eigenvalue weighted by atomic mass is 10.1. The number of nitrogens with zero attached hydrogens (tertiary/aromatic N) is 2. The first-order valence-corrected chi connectivity index (χ1v) is 4.84. The van der Waals surface area contributed by atoms with E-state index in [4.69, 9.17) is 15.7 Å². The Balaban J connectivity index is 2.56. The molecular formula is C11H11N3O2. The summed E-state index contributed by atoms with van der Waals surface area (Å²) >= 11 is 0. The van der Waals surface area contributed by atoms with Gasteiger partial charge in [-0.05, 0) is 12.1 Å². The molecule has 5 heteroatoms. The second-order valence-electron chi connectivity index (χ2n) is 3.58. The number of benzene rings is 1. The molecule has 5 nitrogen and oxygen atoms in total. The summed E-state index contributed by atoms with van der Waals surface area (Å²) in [6.07, 6.45) is 0. The monoisotopic (exact) mass is 217 g/mol. The molecule has 0 radical (unpaired) electrons. The number of carbonyl (C=O) groups is 1. The smallest absolute Gasteiger partial charge is 0.247 e. The second-order valence-corrected chi connectivity index (χ2v) is 3.58. The molecule has 0 bridgehead atoms. The van der Waals surface area contributed by atoms with Gasteiger partial charge in [-0.2, -0.15) is 5.26 Å². The van der Waals surface area contributed by atoms with Crippen LogP contribution in [0.25, 0.3) is 0 Å². The molecule has 2 rings (SSSR count). The molecule has 0 spiro atoms. The van der Waals surface area contributed by atoms with Gasteiger partial charge < -0.3 is 15.4 Å². The number of ether oxygens (including phenoxy) is 1. The van der Waals surface area contributed by atoms with Crippen molar-refractivity contribution in [2.24, 2.45) is 5.73 Å². The summed E-state index contributed by atoms with van der Waals surface area (Å²) in [6.45, 7) is 0.0921. The zero-order valence-electron chi connectivity index (χ0n) is 8.80. The molecule has 1 aliphatic rings. The lowest BCUT2D eigenvalue weighted by molar-refractivity contribution is -0.119. The van der Waals surface area contributed by atoms with Crippen molar-refractivity contribution in [1.29, 1.82) is 5.26 Å². The largest absolute Gasteiger partial charge is 0.488 e. The fourth-order valence-corrected chi connectivity index (χ4v) is 1.64. The van der Waals surface area contributed by atoms with E-state index in [0.29, 0.717) is 17.0 Å². The third-order valence-corrected chi connectivity index (χ3v) is 2.53. The van der Waals surface area contributed by atoms with Gasteiger partial charge in [-0.15, -0.1) is 0 Å². The molecule has 1 heterocycles. The highest BCUT2D eigenvalue weighted by Crippen LogP contribution is 2.33. The molecule has 0 unspecified atom stereocenters. The Morgan fingerprint density at radius 1 is 1.62 bits per heavy atom. The SMILES string of the molecule is CN1C(=O)[C@@H](N)COc2c(C#N)cccc21. The Hall–Kier alpha value is -2.06. The molecule has 82 valence electrons. The van der Waals surface area contributed by atoms with Gasteiger partial charge in [-0.1, -0.05) is 6.07 Å². The number of amides is 1. The molecule has 1 aliphatic heterocycles. The van der Waals surface area contributed by atoms with Gasteiger partial charge in [0, 0.05) is 7.05 Å². The van der Waals surface area contributed by atoms with E-state index in [9.17, 15) is 4.79 Å². The van der Waals surface area contributed by atoms with Crippen LogP contribution in [0.5, 0.6) is 5.75 Å². The number of likely N-dealkylation sites (N-methyl/N-ethyl adjacent to an activating group) is 1. The van der Waals surface area contributed by atoms with Crippen LogP contribution in [-0.2, 0) is 4.79 Å². The molecule has 0 saturated heterocycles. The zero-order valence-corrected chi connectivity index (χ0v) is 8.80. The van der Waals surface area contributed by atoms with Crippen molar-refractivity contribution in [2.75, 3.05) is 18.6 Å². The number of hydrogen-bond acceptors (Lipinski definition) is 4. The lowest BCUT2D eigenvalue weighted by Gasteiger charge is -2.17. The molecule has 1 amide bonds. The molecule has 1 aromatic carbocycles. The molecule has 0 fully saturated rings. The summed E-state index contributed by atoms with van der Waals surface area (Å²) in [5, 5.41) is 8.94. The molecule has 1 aromatic rings. The van der Waals surface area contributed by atoms with Gasteiger partial charge >= 0.3 is 0 Å². The van der Waals surface area contributed by atoms with E-state index < -0.39 is 6.04 Å². The third-order valence-electron chi connectivity index (χ3n) is 2.53. The summed E-state index contributed by atoms with van der Waals surface area (Å²) in [5.74, 6) is 0.211. The molecule has 0 saturated carbocycles. The Bertz CT molecular complexity index is 479. The Kier molecular flexibility index (Phi) is 2.50. The average Bonchev–Trinajstić information content (AvgIpc) is 2.42. The van der Waals surface area contributed by atoms with Gasteiger partial charge in [0.25, 0.3) is 0 Å². The summed E-state index contributed by atoms with van der Waals surface area (Å²) in [6, 6.07) is 6.42. The number of hydrogen-bond donors (Lipinski definition) is 1. The van der Waals surface area contributed by atoms with E-state index in [1.165, 1.54) is 4.90 Å². The van der Waals surface area contributed by atoms with E-state index >= 15 is 0 Å². The number of carbonyl (C=O) groups excluding carboxylic acids is 1. The van der Waals surface area contributed by atoms with Gasteiger partial charge in [0.1, 0.15) is 18.7 Å². The number of nitrogens with two attached hydrogens (primary N) is 1. The lowest BCUT2D eigenvalue weighted by Crippen LogP contribution is -2.43. The first-order valence-electron chi connectivity index (χ1n) is 4.84. The zero-order chi connectivity index (χ0) is 11.7. The van der Waals surface area contributed by atoms with Crippen LogP contribution >= 0.6 is 0 Å². The first kappa shape index (κ1) is 10.5. The number of fused-ring (bicyclic) bond motifs is 1. The summed E-state index contributed by atoms with van der Waals surface area (Å²) in [4.78, 5) is 13.2. The van der Waals surface area contributed by atoms with E-state index in [1.807, 2.05) is 6.07 Å². The normalized spacial score (nSPS) is 19.4. The van der Waals surface area contributed by atoms with Crippen LogP contribution in [0.2, 0.25) is 0 Å². The van der Waals surface area contributed by atoms with Crippen LogP contribution < -0.4 is 15.4 Å². The number of rotatable bonds is 0. The Morgan fingerprint density at radius 3 is 3.06 bits per heavy atom. The van der Waals surface area contributed by atoms with E-state index in [-0.39, 0.29) is 12.5 Å². The van der Waals surface area contributed by atoms with Crippen molar-refractivity contribution >= 4 is 11.6 Å². The topological polar surface area (TPSA) is 79.3 Å². The van der Waals surface area contributed by atoms with E-state index in [0.717, 1.165) is 0 Å². The van der Waals surface area contributed by atoms with Crippen molar-refractivity contribution in [1.82, 2.24) is 0 Å². The van der Waals surface area contributed by atoms with Crippen LogP contribution in [-0.4, -0.2) is 25.6 Å². The fraction of sp³-hybridized carbons (Fsp3) is 0.273. The minimum absolute atomic E-state index is 0.0921. The number of nitriles is 1. The minimum Gasteiger partial charge on any atom is -0.488 e. The molecule has 1 atom stereocenters. The fourth-order valence-electron chi connectivity index (χ4n) is 1.64. The molecule has 0 aromatic heterocycles. The minimum atomic E-state index is -0.691. The van der Waals surface area contributed by atoms with Crippen LogP contribution in [0.4, 0.5) is 5.69 Å². The molecule has 16 heavy (non-hydrogen) atoms. The van der Waals surface area contributed by atoms with Gasteiger partial charge in [0.05, 0.1) is 11.3 Å². The van der Waals surface area contributed by atoms with Crippen molar-refractivity contribution in [3.8, 4) is 11.8 Å². The maximum absolute atomic E-state index is 11.7. The van der Waals surface area contributed by atoms with Crippen LogP contribution in [0, 0.1) is 11.3 Å². The predicted molar refractivity (Wildman–Crippen MR) is 58.0 cm³/mol. The van der Waals surface area contributed by atoms with Crippen molar-refractivity contribution in [2.45, 2.75) is 6.04 Å². The van der Waals surface area contributed by atoms with Crippen LogP contribution in [0.3, 0.4) is 0 Å². The number of anilines is 1. The third kappa shape index (κ3) is 1.49. The van der Waals surface area contributed by atoms with Crippen molar-refractivity contribution in [3.05, 3.63) is 23.8 Å². The maximum Gasteiger partial charge on any atom is 0.247 e. The number of para-hydroxylation sites is 1. The highest BCUT2D eigenvalue weighted by molar-refractivity contribution is 5.99. The maximum atomic E-state index is 11.7. The van der Waals surface area contributed by atoms with Gasteiger partial charge in [-0.25, -0.2) is 0 Å². The predicted octanol–water partition coefficient (Wildman–Crippen LogP) is 0.241. The highest BCUT2D eigenvalue weighted by atomic mass is 16.5. The molecular weight excluding hydrogens is 206 g/mol. The van der Waals surface area contributed by atoms with E-state index in [2.05, 4.69) is 0 Å². The highest BCUT2D eigenvalue weighted by Gasteiger charge is 2.27. The van der Waals surface area contributed by atoms with Gasteiger partial charge in [0.2, 0.25) is 5.91 Å². The standard InChI is InChI=1S/C11H11N3O2/c1-14-9-4-2-3-7(5-12)10(9)16-6-8(13)11(14)15/h2-4,8H,6,13H2,1H3/t8-/m0/s1. The second kappa shape index (κ2) is 3.83. The average molecular weight is 217 g/mol. The van der Waals surface area contributed by atoms with Crippen molar-refractivity contribution < 1.29 is 9.53 Å². The molecule has 0 aliphatic carbocycles. The van der Waals surface area contributed by atoms with Crippen LogP contribution in [0.15, 0.2) is 18.2 Å².